The molecule has 3 heterocycles. The molecule has 108 valence electrons. The van der Waals surface area contributed by atoms with Crippen molar-refractivity contribution in [3.05, 3.63) is 23.1 Å². The first-order chi connectivity index (χ1) is 9.72. The molecule has 1 atom stereocenters. The molecule has 2 aromatic rings. The van der Waals surface area contributed by atoms with Crippen LogP contribution in [0.4, 0.5) is 0 Å². The molecule has 0 saturated carbocycles. The van der Waals surface area contributed by atoms with Gasteiger partial charge >= 0.3 is 0 Å². The van der Waals surface area contributed by atoms with Crippen molar-refractivity contribution < 1.29 is 9.53 Å². The van der Waals surface area contributed by atoms with Gasteiger partial charge in [-0.1, -0.05) is 0 Å². The number of hydrogen-bond acceptors (Lipinski definition) is 4. The van der Waals surface area contributed by atoms with E-state index in [2.05, 4.69) is 9.78 Å². The molecule has 3 rings (SSSR count). The molecule has 1 saturated heterocycles. The van der Waals surface area contributed by atoms with Gasteiger partial charge in [-0.2, -0.15) is 0 Å². The highest BCUT2D eigenvalue weighted by Crippen LogP contribution is 2.34. The van der Waals surface area contributed by atoms with Gasteiger partial charge in [-0.05, 0) is 26.2 Å². The van der Waals surface area contributed by atoms with Crippen LogP contribution < -0.4 is 0 Å². The summed E-state index contributed by atoms with van der Waals surface area (Å²) < 4.78 is 7.11. The number of ether oxygens (including phenoxy) is 1. The smallest absolute Gasteiger partial charge is 0.249 e. The van der Waals surface area contributed by atoms with Gasteiger partial charge in [-0.15, -0.1) is 11.3 Å². The van der Waals surface area contributed by atoms with Crippen LogP contribution in [0.5, 0.6) is 0 Å². The maximum atomic E-state index is 12.2. The van der Waals surface area contributed by atoms with Crippen molar-refractivity contribution in [1.29, 1.82) is 0 Å². The lowest BCUT2D eigenvalue weighted by Gasteiger charge is -2.34. The Kier molecular flexibility index (Phi) is 3.76. The van der Waals surface area contributed by atoms with E-state index in [0.717, 1.165) is 42.2 Å². The molecule has 0 spiro atoms. The van der Waals surface area contributed by atoms with Crippen molar-refractivity contribution in [2.24, 2.45) is 0 Å². The highest BCUT2D eigenvalue weighted by molar-refractivity contribution is 7.15. The van der Waals surface area contributed by atoms with E-state index < -0.39 is 0 Å². The van der Waals surface area contributed by atoms with Gasteiger partial charge in [0.1, 0.15) is 17.3 Å². The minimum atomic E-state index is 0.0626. The second-order valence-electron chi connectivity index (χ2n) is 5.15. The SMILES string of the molecule is COCC(=O)N1CCCC[C@H]1c1nc(C)n2ccsc12. The zero-order valence-electron chi connectivity index (χ0n) is 11.8. The van der Waals surface area contributed by atoms with Crippen molar-refractivity contribution in [3.8, 4) is 0 Å². The van der Waals surface area contributed by atoms with Crippen LogP contribution in [-0.2, 0) is 9.53 Å². The molecule has 5 nitrogen and oxygen atoms in total. The van der Waals surface area contributed by atoms with E-state index >= 15 is 0 Å². The third-order valence-corrected chi connectivity index (χ3v) is 4.75. The molecular formula is C14H19N3O2S. The number of aryl methyl sites for hydroxylation is 1. The van der Waals surface area contributed by atoms with Crippen LogP contribution >= 0.6 is 11.3 Å². The summed E-state index contributed by atoms with van der Waals surface area (Å²) in [7, 11) is 1.56. The highest BCUT2D eigenvalue weighted by Gasteiger charge is 2.31. The number of carbonyl (C=O) groups excluding carboxylic acids is 1. The van der Waals surface area contributed by atoms with Crippen LogP contribution in [-0.4, -0.2) is 40.5 Å². The highest BCUT2D eigenvalue weighted by atomic mass is 32.1. The van der Waals surface area contributed by atoms with E-state index in [4.69, 9.17) is 9.72 Å². The minimum Gasteiger partial charge on any atom is -0.375 e. The first-order valence-corrected chi connectivity index (χ1v) is 7.80. The number of rotatable bonds is 3. The Hall–Kier alpha value is -1.40. The molecular weight excluding hydrogens is 274 g/mol. The second kappa shape index (κ2) is 5.54. The Balaban J connectivity index is 1.97. The fourth-order valence-corrected chi connectivity index (χ4v) is 3.85. The Labute approximate surface area is 122 Å². The molecule has 20 heavy (non-hydrogen) atoms. The third-order valence-electron chi connectivity index (χ3n) is 3.87. The summed E-state index contributed by atoms with van der Waals surface area (Å²) in [4.78, 5) is 20.0. The first-order valence-electron chi connectivity index (χ1n) is 6.93. The summed E-state index contributed by atoms with van der Waals surface area (Å²) in [5.41, 5.74) is 1.04. The van der Waals surface area contributed by atoms with Crippen LogP contribution in [0.1, 0.15) is 36.8 Å². The molecule has 1 aliphatic heterocycles. The molecule has 6 heteroatoms. The number of piperidine rings is 1. The fourth-order valence-electron chi connectivity index (χ4n) is 2.93. The Morgan fingerprint density at radius 1 is 1.55 bits per heavy atom. The standard InChI is InChI=1S/C14H19N3O2S/c1-10-15-13(14-16(10)7-8-20-14)11-5-3-4-6-17(11)12(18)9-19-2/h7-8,11H,3-6,9H2,1-2H3/t11-/m0/s1. The lowest BCUT2D eigenvalue weighted by atomic mass is 9.99. The average molecular weight is 293 g/mol. The van der Waals surface area contributed by atoms with Crippen LogP contribution in [0, 0.1) is 6.92 Å². The number of carbonyl (C=O) groups is 1. The largest absolute Gasteiger partial charge is 0.375 e. The fraction of sp³-hybridized carbons (Fsp3) is 0.571. The molecule has 0 N–H and O–H groups in total. The lowest BCUT2D eigenvalue weighted by molar-refractivity contribution is -0.139. The van der Waals surface area contributed by atoms with E-state index in [1.54, 1.807) is 18.4 Å². The van der Waals surface area contributed by atoms with E-state index in [1.165, 1.54) is 0 Å². The Morgan fingerprint density at radius 2 is 2.40 bits per heavy atom. The lowest BCUT2D eigenvalue weighted by Crippen LogP contribution is -2.40. The zero-order chi connectivity index (χ0) is 14.1. The van der Waals surface area contributed by atoms with Crippen molar-refractivity contribution >= 4 is 22.1 Å². The molecule has 2 aromatic heterocycles. The number of fused-ring (bicyclic) bond motifs is 1. The topological polar surface area (TPSA) is 46.8 Å². The summed E-state index contributed by atoms with van der Waals surface area (Å²) in [6.45, 7) is 2.96. The van der Waals surface area contributed by atoms with Crippen molar-refractivity contribution in [2.45, 2.75) is 32.2 Å². The summed E-state index contributed by atoms with van der Waals surface area (Å²) in [5.74, 6) is 1.05. The van der Waals surface area contributed by atoms with Gasteiger partial charge < -0.3 is 9.64 Å². The molecule has 0 unspecified atom stereocenters. The number of aromatic nitrogens is 2. The summed E-state index contributed by atoms with van der Waals surface area (Å²) in [6.07, 6.45) is 5.23. The maximum absolute atomic E-state index is 12.2. The second-order valence-corrected chi connectivity index (χ2v) is 6.05. The van der Waals surface area contributed by atoms with E-state index in [-0.39, 0.29) is 18.6 Å². The van der Waals surface area contributed by atoms with Gasteiger partial charge in [-0.25, -0.2) is 4.98 Å². The normalized spacial score (nSPS) is 19.7. The number of thiazole rings is 1. The number of likely N-dealkylation sites (tertiary alicyclic amines) is 1. The molecule has 0 aliphatic carbocycles. The molecule has 1 amide bonds. The number of nitrogens with zero attached hydrogens (tertiary/aromatic N) is 3. The quantitative estimate of drug-likeness (QED) is 0.873. The van der Waals surface area contributed by atoms with Gasteiger partial charge in [0.2, 0.25) is 5.91 Å². The van der Waals surface area contributed by atoms with Crippen molar-refractivity contribution in [1.82, 2.24) is 14.3 Å². The molecule has 0 bridgehead atoms. The van der Waals surface area contributed by atoms with Gasteiger partial charge in [-0.3, -0.25) is 9.20 Å². The molecule has 0 radical (unpaired) electrons. The first kappa shape index (κ1) is 13.6. The van der Waals surface area contributed by atoms with Gasteiger partial charge in [0, 0.05) is 25.2 Å². The van der Waals surface area contributed by atoms with Gasteiger partial charge in [0.15, 0.2) is 0 Å². The van der Waals surface area contributed by atoms with Gasteiger partial charge in [0.25, 0.3) is 0 Å². The van der Waals surface area contributed by atoms with Crippen LogP contribution in [0.3, 0.4) is 0 Å². The van der Waals surface area contributed by atoms with Crippen LogP contribution in [0.15, 0.2) is 11.6 Å². The number of imidazole rings is 1. The molecule has 0 aromatic carbocycles. The van der Waals surface area contributed by atoms with E-state index in [1.807, 2.05) is 18.0 Å². The number of methoxy groups -OCH3 is 1. The minimum absolute atomic E-state index is 0.0626. The zero-order valence-corrected chi connectivity index (χ0v) is 12.7. The maximum Gasteiger partial charge on any atom is 0.249 e. The number of hydrogen-bond donors (Lipinski definition) is 0. The van der Waals surface area contributed by atoms with E-state index in [0.29, 0.717) is 0 Å². The summed E-state index contributed by atoms with van der Waals surface area (Å²) >= 11 is 1.69. The van der Waals surface area contributed by atoms with Crippen molar-refractivity contribution in [3.63, 3.8) is 0 Å². The predicted molar refractivity (Wildman–Crippen MR) is 78.0 cm³/mol. The van der Waals surface area contributed by atoms with E-state index in [9.17, 15) is 4.79 Å². The van der Waals surface area contributed by atoms with Crippen molar-refractivity contribution in [2.75, 3.05) is 20.3 Å². The van der Waals surface area contributed by atoms with Gasteiger partial charge in [0.05, 0.1) is 11.7 Å². The third kappa shape index (κ3) is 2.23. The predicted octanol–water partition coefficient (Wildman–Crippen LogP) is 2.40. The average Bonchev–Trinajstić information content (AvgIpc) is 3.04. The summed E-state index contributed by atoms with van der Waals surface area (Å²) in [6, 6.07) is 0.0914. The van der Waals surface area contributed by atoms with Crippen LogP contribution in [0.25, 0.3) is 4.83 Å². The van der Waals surface area contributed by atoms with Crippen LogP contribution in [0.2, 0.25) is 0 Å². The molecule has 1 aliphatic rings. The molecule has 1 fully saturated rings. The monoisotopic (exact) mass is 293 g/mol. The summed E-state index contributed by atoms with van der Waals surface area (Å²) in [5, 5.41) is 2.07. The number of amides is 1. The Bertz CT molecular complexity index is 619. The Morgan fingerprint density at radius 3 is 3.20 bits per heavy atom.